The van der Waals surface area contributed by atoms with E-state index < -0.39 is 0 Å². The van der Waals surface area contributed by atoms with Crippen molar-refractivity contribution in [1.82, 2.24) is 15.5 Å². The lowest BCUT2D eigenvalue weighted by atomic mass is 9.88. The second-order valence-corrected chi connectivity index (χ2v) is 7.87. The number of para-hydroxylation sites is 1. The van der Waals surface area contributed by atoms with Crippen molar-refractivity contribution in [3.05, 3.63) is 29.8 Å². The molecule has 0 spiro atoms. The number of aliphatic imine (C=N–C) groups is 1. The third kappa shape index (κ3) is 6.49. The molecule has 1 saturated carbocycles. The molecule has 0 bridgehead atoms. The van der Waals surface area contributed by atoms with Crippen molar-refractivity contribution in [3.8, 4) is 5.75 Å². The van der Waals surface area contributed by atoms with Crippen LogP contribution in [0.2, 0.25) is 0 Å². The van der Waals surface area contributed by atoms with Crippen molar-refractivity contribution < 1.29 is 9.47 Å². The molecule has 6 nitrogen and oxygen atoms in total. The molecule has 28 heavy (non-hydrogen) atoms. The van der Waals surface area contributed by atoms with Gasteiger partial charge in [0.1, 0.15) is 5.75 Å². The molecule has 2 aliphatic rings. The third-order valence-electron chi connectivity index (χ3n) is 5.77. The van der Waals surface area contributed by atoms with E-state index in [-0.39, 0.29) is 29.5 Å². The normalized spacial score (nSPS) is 19.1. The molecule has 1 aromatic rings. The van der Waals surface area contributed by atoms with Gasteiger partial charge in [0.25, 0.3) is 0 Å². The Morgan fingerprint density at radius 3 is 2.57 bits per heavy atom. The van der Waals surface area contributed by atoms with Gasteiger partial charge in [0, 0.05) is 44.5 Å². The highest BCUT2D eigenvalue weighted by molar-refractivity contribution is 14.0. The molecule has 3 rings (SSSR count). The van der Waals surface area contributed by atoms with Crippen LogP contribution in [0.3, 0.4) is 0 Å². The van der Waals surface area contributed by atoms with Crippen molar-refractivity contribution >= 4 is 29.9 Å². The number of guanidine groups is 1. The summed E-state index contributed by atoms with van der Waals surface area (Å²) in [5.74, 6) is 2.54. The fraction of sp³-hybridized carbons (Fsp3) is 0.667. The van der Waals surface area contributed by atoms with Gasteiger partial charge in [0.15, 0.2) is 5.96 Å². The van der Waals surface area contributed by atoms with Gasteiger partial charge >= 0.3 is 0 Å². The quantitative estimate of drug-likeness (QED) is 0.326. The van der Waals surface area contributed by atoms with Crippen LogP contribution in [-0.4, -0.2) is 63.9 Å². The first-order valence-corrected chi connectivity index (χ1v) is 10.0. The Morgan fingerprint density at radius 2 is 1.93 bits per heavy atom. The highest BCUT2D eigenvalue weighted by Crippen LogP contribution is 2.30. The van der Waals surface area contributed by atoms with E-state index in [9.17, 15) is 0 Å². The van der Waals surface area contributed by atoms with Gasteiger partial charge in [-0.2, -0.15) is 0 Å². The zero-order chi connectivity index (χ0) is 19.1. The Labute approximate surface area is 186 Å². The predicted molar refractivity (Wildman–Crippen MR) is 125 cm³/mol. The molecule has 1 saturated heterocycles. The average molecular weight is 502 g/mol. The minimum atomic E-state index is 0. The largest absolute Gasteiger partial charge is 0.493 e. The molecule has 1 aliphatic carbocycles. The lowest BCUT2D eigenvalue weighted by molar-refractivity contribution is -0.00501. The van der Waals surface area contributed by atoms with Gasteiger partial charge in [0.05, 0.1) is 6.61 Å². The standard InChI is InChI=1S/C21H34N4O2.HI/c1-22-20(24-16-21(25(2)3)10-12-26-13-11-21)23-14-18-6-4-5-7-19(18)27-15-17-8-9-17;/h4-7,17H,8-16H2,1-3H3,(H2,22,23,24);1H. The summed E-state index contributed by atoms with van der Waals surface area (Å²) in [5, 5.41) is 6.95. The molecule has 7 heteroatoms. The molecule has 1 aromatic carbocycles. The van der Waals surface area contributed by atoms with Gasteiger partial charge < -0.3 is 25.0 Å². The van der Waals surface area contributed by atoms with Crippen molar-refractivity contribution in [3.63, 3.8) is 0 Å². The number of rotatable bonds is 8. The molecular formula is C21H35IN4O2. The van der Waals surface area contributed by atoms with Gasteiger partial charge in [-0.15, -0.1) is 24.0 Å². The summed E-state index contributed by atoms with van der Waals surface area (Å²) < 4.78 is 11.6. The molecule has 0 radical (unpaired) electrons. The molecular weight excluding hydrogens is 467 g/mol. The fourth-order valence-electron chi connectivity index (χ4n) is 3.46. The molecule has 1 heterocycles. The van der Waals surface area contributed by atoms with E-state index >= 15 is 0 Å². The van der Waals surface area contributed by atoms with Crippen molar-refractivity contribution in [1.29, 1.82) is 0 Å². The molecule has 2 fully saturated rings. The van der Waals surface area contributed by atoms with Crippen molar-refractivity contribution in [2.24, 2.45) is 10.9 Å². The minimum Gasteiger partial charge on any atom is -0.493 e. The number of hydrogen-bond acceptors (Lipinski definition) is 4. The Hall–Kier alpha value is -1.06. The lowest BCUT2D eigenvalue weighted by Gasteiger charge is -2.43. The zero-order valence-electron chi connectivity index (χ0n) is 17.4. The lowest BCUT2D eigenvalue weighted by Crippen LogP contribution is -2.57. The number of hydrogen-bond donors (Lipinski definition) is 2. The average Bonchev–Trinajstić information content (AvgIpc) is 3.52. The Balaban J connectivity index is 0.00000280. The third-order valence-corrected chi connectivity index (χ3v) is 5.77. The van der Waals surface area contributed by atoms with Crippen LogP contribution in [0.5, 0.6) is 5.75 Å². The van der Waals surface area contributed by atoms with Gasteiger partial charge in [-0.25, -0.2) is 0 Å². The van der Waals surface area contributed by atoms with Gasteiger partial charge in [-0.05, 0) is 51.8 Å². The summed E-state index contributed by atoms with van der Waals surface area (Å²) in [6, 6.07) is 8.26. The highest BCUT2D eigenvalue weighted by atomic mass is 127. The summed E-state index contributed by atoms with van der Waals surface area (Å²) in [4.78, 5) is 6.71. The first kappa shape index (κ1) is 23.2. The van der Waals surface area contributed by atoms with E-state index in [4.69, 9.17) is 9.47 Å². The van der Waals surface area contributed by atoms with E-state index in [0.29, 0.717) is 6.54 Å². The summed E-state index contributed by atoms with van der Waals surface area (Å²) in [7, 11) is 6.12. The molecule has 0 amide bonds. The summed E-state index contributed by atoms with van der Waals surface area (Å²) >= 11 is 0. The summed E-state index contributed by atoms with van der Waals surface area (Å²) in [5.41, 5.74) is 1.27. The van der Waals surface area contributed by atoms with E-state index in [1.54, 1.807) is 0 Å². The summed E-state index contributed by atoms with van der Waals surface area (Å²) in [6.07, 6.45) is 4.66. The predicted octanol–water partition coefficient (Wildman–Crippen LogP) is 2.87. The van der Waals surface area contributed by atoms with E-state index in [1.807, 2.05) is 13.1 Å². The minimum absolute atomic E-state index is 0. The Kier molecular flexibility index (Phi) is 9.30. The van der Waals surface area contributed by atoms with Crippen molar-refractivity contribution in [2.75, 3.05) is 47.5 Å². The molecule has 0 aromatic heterocycles. The monoisotopic (exact) mass is 502 g/mol. The smallest absolute Gasteiger partial charge is 0.191 e. The summed E-state index contributed by atoms with van der Waals surface area (Å²) in [6.45, 7) is 4.01. The number of likely N-dealkylation sites (N-methyl/N-ethyl adjacent to an activating group) is 1. The van der Waals surface area contributed by atoms with Crippen molar-refractivity contribution in [2.45, 2.75) is 37.8 Å². The SMILES string of the molecule is CN=C(NCc1ccccc1OCC1CC1)NCC1(N(C)C)CCOCC1.I. The van der Waals surface area contributed by atoms with Crippen LogP contribution >= 0.6 is 24.0 Å². The van der Waals surface area contributed by atoms with Crippen LogP contribution in [0.1, 0.15) is 31.2 Å². The first-order valence-electron chi connectivity index (χ1n) is 10.0. The van der Waals surface area contributed by atoms with E-state index in [0.717, 1.165) is 62.4 Å². The Bertz CT molecular complexity index is 629. The number of nitrogens with zero attached hydrogens (tertiary/aromatic N) is 2. The fourth-order valence-corrected chi connectivity index (χ4v) is 3.46. The maximum Gasteiger partial charge on any atom is 0.191 e. The second kappa shape index (κ2) is 11.2. The zero-order valence-corrected chi connectivity index (χ0v) is 19.7. The number of benzene rings is 1. The Morgan fingerprint density at radius 1 is 1.21 bits per heavy atom. The maximum absolute atomic E-state index is 6.01. The number of ether oxygens (including phenoxy) is 2. The number of nitrogens with one attached hydrogen (secondary N) is 2. The molecule has 0 atom stereocenters. The molecule has 0 unspecified atom stereocenters. The first-order chi connectivity index (χ1) is 13.1. The second-order valence-electron chi connectivity index (χ2n) is 7.87. The topological polar surface area (TPSA) is 58.1 Å². The van der Waals surface area contributed by atoms with Crippen LogP contribution < -0.4 is 15.4 Å². The highest BCUT2D eigenvalue weighted by Gasteiger charge is 2.34. The van der Waals surface area contributed by atoms with Crippen LogP contribution in [0.4, 0.5) is 0 Å². The molecule has 158 valence electrons. The van der Waals surface area contributed by atoms with Gasteiger partial charge in [0.2, 0.25) is 0 Å². The van der Waals surface area contributed by atoms with Gasteiger partial charge in [-0.1, -0.05) is 18.2 Å². The van der Waals surface area contributed by atoms with E-state index in [1.165, 1.54) is 12.8 Å². The van der Waals surface area contributed by atoms with Crippen LogP contribution in [0.15, 0.2) is 29.3 Å². The number of halogens is 1. The molecule has 1 aliphatic heterocycles. The van der Waals surface area contributed by atoms with Crippen LogP contribution in [-0.2, 0) is 11.3 Å². The maximum atomic E-state index is 6.01. The van der Waals surface area contributed by atoms with Gasteiger partial charge in [-0.3, -0.25) is 4.99 Å². The molecule has 2 N–H and O–H groups in total. The van der Waals surface area contributed by atoms with Crippen LogP contribution in [0.25, 0.3) is 0 Å². The van der Waals surface area contributed by atoms with E-state index in [2.05, 4.69) is 52.8 Å². The van der Waals surface area contributed by atoms with Crippen LogP contribution in [0, 0.1) is 5.92 Å².